The Hall–Kier alpha value is -3.00. The first-order valence-corrected chi connectivity index (χ1v) is 13.3. The largest absolute Gasteiger partial charge is 0.378 e. The van der Waals surface area contributed by atoms with Gasteiger partial charge in [-0.25, -0.2) is 5.43 Å². The van der Waals surface area contributed by atoms with Crippen LogP contribution in [0.2, 0.25) is 0 Å². The fourth-order valence-electron chi connectivity index (χ4n) is 7.78. The first-order valence-electron chi connectivity index (χ1n) is 13.3. The quantitative estimate of drug-likeness (QED) is 0.355. The highest BCUT2D eigenvalue weighted by Crippen LogP contribution is 2.60. The van der Waals surface area contributed by atoms with E-state index in [4.69, 9.17) is 4.74 Å². The molecule has 0 atom stereocenters. The molecule has 0 radical (unpaired) electrons. The van der Waals surface area contributed by atoms with Crippen molar-refractivity contribution in [1.29, 1.82) is 0 Å². The lowest BCUT2D eigenvalue weighted by atomic mass is 9.49. The second kappa shape index (κ2) is 9.47. The number of morpholine rings is 1. The Morgan fingerprint density at radius 2 is 1.81 bits per heavy atom. The van der Waals surface area contributed by atoms with Crippen LogP contribution < -0.4 is 5.43 Å². The summed E-state index contributed by atoms with van der Waals surface area (Å²) < 4.78 is 5.57. The monoisotopic (exact) mass is 490 g/mol. The Labute approximate surface area is 211 Å². The van der Waals surface area contributed by atoms with Crippen LogP contribution in [-0.4, -0.2) is 48.2 Å². The number of hydrazone groups is 1. The van der Waals surface area contributed by atoms with E-state index in [1.807, 2.05) is 18.4 Å². The summed E-state index contributed by atoms with van der Waals surface area (Å²) in [7, 11) is 0. The molecule has 4 saturated carbocycles. The van der Waals surface area contributed by atoms with Crippen LogP contribution in [0.4, 0.5) is 5.69 Å². The molecule has 8 heteroatoms. The topological polar surface area (TPSA) is 97.1 Å². The molecule has 7 rings (SSSR count). The number of hydrogen-bond donors (Lipinski definition) is 1. The van der Waals surface area contributed by atoms with E-state index in [2.05, 4.69) is 15.4 Å². The highest BCUT2D eigenvalue weighted by atomic mass is 16.6. The molecule has 8 nitrogen and oxygen atoms in total. The molecule has 1 aromatic rings. The number of nitro benzene ring substituents is 1. The number of non-ortho nitro benzene ring substituents is 1. The molecular formula is C28H34N4O4. The van der Waals surface area contributed by atoms with Crippen LogP contribution in [0, 0.1) is 33.3 Å². The summed E-state index contributed by atoms with van der Waals surface area (Å²) in [4.78, 5) is 26.5. The summed E-state index contributed by atoms with van der Waals surface area (Å²) in [6, 6.07) is 6.75. The van der Waals surface area contributed by atoms with Gasteiger partial charge in [-0.1, -0.05) is 12.1 Å². The number of rotatable bonds is 6. The molecule has 4 bridgehead atoms. The van der Waals surface area contributed by atoms with E-state index in [0.717, 1.165) is 85.4 Å². The molecule has 1 heterocycles. The SMILES string of the molecule is O=C(NN=CC1=C(N2CCOCC2)C(=Cc2cccc([N+](=O)[O-])c2)CC1)C12CC3CC(CC(C3)C1)C2. The Kier molecular flexibility index (Phi) is 6.15. The smallest absolute Gasteiger partial charge is 0.270 e. The summed E-state index contributed by atoms with van der Waals surface area (Å²) in [6.45, 7) is 2.92. The molecule has 0 spiro atoms. The van der Waals surface area contributed by atoms with Crippen molar-refractivity contribution in [2.45, 2.75) is 51.4 Å². The summed E-state index contributed by atoms with van der Waals surface area (Å²) >= 11 is 0. The fourth-order valence-corrected chi connectivity index (χ4v) is 7.78. The van der Waals surface area contributed by atoms with Gasteiger partial charge in [0.1, 0.15) is 0 Å². The summed E-state index contributed by atoms with van der Waals surface area (Å²) in [5, 5.41) is 15.7. The van der Waals surface area contributed by atoms with Gasteiger partial charge in [-0.3, -0.25) is 14.9 Å². The molecule has 190 valence electrons. The third-order valence-corrected chi connectivity index (χ3v) is 8.93. The maximum Gasteiger partial charge on any atom is 0.270 e. The van der Waals surface area contributed by atoms with Crippen LogP contribution in [0.5, 0.6) is 0 Å². The minimum Gasteiger partial charge on any atom is -0.378 e. The molecular weight excluding hydrogens is 456 g/mol. The number of nitrogens with one attached hydrogen (secondary N) is 1. The summed E-state index contributed by atoms with van der Waals surface area (Å²) in [5.41, 5.74) is 6.99. The molecule has 5 aliphatic carbocycles. The molecule has 6 aliphatic rings. The number of amides is 1. The third-order valence-electron chi connectivity index (χ3n) is 8.93. The van der Waals surface area contributed by atoms with Crippen molar-refractivity contribution in [3.63, 3.8) is 0 Å². The lowest BCUT2D eigenvalue weighted by Crippen LogP contribution is -2.52. The lowest BCUT2D eigenvalue weighted by molar-refractivity contribution is -0.384. The molecule has 1 amide bonds. The molecule has 1 saturated heterocycles. The highest BCUT2D eigenvalue weighted by Gasteiger charge is 2.54. The second-order valence-corrected chi connectivity index (χ2v) is 11.4. The molecule has 0 aromatic heterocycles. The van der Waals surface area contributed by atoms with Gasteiger partial charge in [-0.2, -0.15) is 5.10 Å². The van der Waals surface area contributed by atoms with E-state index in [1.54, 1.807) is 12.1 Å². The van der Waals surface area contributed by atoms with Crippen molar-refractivity contribution in [1.82, 2.24) is 10.3 Å². The Morgan fingerprint density at radius 1 is 1.11 bits per heavy atom. The van der Waals surface area contributed by atoms with Crippen LogP contribution in [-0.2, 0) is 9.53 Å². The maximum absolute atomic E-state index is 13.3. The van der Waals surface area contributed by atoms with Gasteiger partial charge in [0.2, 0.25) is 5.91 Å². The fraction of sp³-hybridized carbons (Fsp3) is 0.571. The predicted octanol–water partition coefficient (Wildman–Crippen LogP) is 4.68. The zero-order valence-corrected chi connectivity index (χ0v) is 20.7. The minimum atomic E-state index is -0.361. The first kappa shape index (κ1) is 23.4. The van der Waals surface area contributed by atoms with E-state index >= 15 is 0 Å². The number of hydrogen-bond acceptors (Lipinski definition) is 6. The van der Waals surface area contributed by atoms with Gasteiger partial charge in [0.15, 0.2) is 0 Å². The predicted molar refractivity (Wildman–Crippen MR) is 137 cm³/mol. The molecule has 5 fully saturated rings. The average Bonchev–Trinajstić information content (AvgIpc) is 3.26. The third kappa shape index (κ3) is 4.47. The summed E-state index contributed by atoms with van der Waals surface area (Å²) in [6.07, 6.45) is 12.5. The molecule has 36 heavy (non-hydrogen) atoms. The normalized spacial score (nSPS) is 32.6. The maximum atomic E-state index is 13.3. The van der Waals surface area contributed by atoms with Crippen LogP contribution in [0.3, 0.4) is 0 Å². The Morgan fingerprint density at radius 3 is 2.47 bits per heavy atom. The molecule has 1 aromatic carbocycles. The van der Waals surface area contributed by atoms with Crippen molar-refractivity contribution < 1.29 is 14.5 Å². The zero-order chi connectivity index (χ0) is 24.7. The number of ether oxygens (including phenoxy) is 1. The Balaban J connectivity index is 1.23. The van der Waals surface area contributed by atoms with Gasteiger partial charge in [0.05, 0.1) is 29.8 Å². The average molecular weight is 491 g/mol. The van der Waals surface area contributed by atoms with Crippen LogP contribution in [0.15, 0.2) is 46.2 Å². The molecule has 0 unspecified atom stereocenters. The van der Waals surface area contributed by atoms with Gasteiger partial charge in [-0.05, 0) is 91.9 Å². The number of allylic oxidation sites excluding steroid dienone is 2. The minimum absolute atomic E-state index is 0.0911. The van der Waals surface area contributed by atoms with Gasteiger partial charge in [0, 0.05) is 30.9 Å². The van der Waals surface area contributed by atoms with Crippen molar-refractivity contribution in [3.05, 3.63) is 56.8 Å². The number of carbonyl (C=O) groups is 1. The standard InChI is InChI=1S/C28H34N4O4/c33-27(28-15-20-10-21(16-28)12-22(11-20)17-28)30-29-18-24-5-4-23(26(24)31-6-8-36-9-7-31)13-19-2-1-3-25(14-19)32(34)35/h1-3,13-14,18,20-22H,4-12,15-17H2,(H,30,33). The van der Waals surface area contributed by atoms with E-state index < -0.39 is 0 Å². The van der Waals surface area contributed by atoms with E-state index in [1.165, 1.54) is 25.3 Å². The van der Waals surface area contributed by atoms with Crippen molar-refractivity contribution in [3.8, 4) is 0 Å². The van der Waals surface area contributed by atoms with E-state index in [-0.39, 0.29) is 21.9 Å². The van der Waals surface area contributed by atoms with Crippen molar-refractivity contribution in [2.75, 3.05) is 26.3 Å². The lowest BCUT2D eigenvalue weighted by Gasteiger charge is -2.55. The van der Waals surface area contributed by atoms with E-state index in [9.17, 15) is 14.9 Å². The first-order chi connectivity index (χ1) is 17.5. The number of nitrogens with zero attached hydrogens (tertiary/aromatic N) is 3. The van der Waals surface area contributed by atoms with Crippen LogP contribution in [0.1, 0.15) is 56.9 Å². The van der Waals surface area contributed by atoms with Gasteiger partial charge in [0.25, 0.3) is 5.69 Å². The zero-order valence-electron chi connectivity index (χ0n) is 20.7. The van der Waals surface area contributed by atoms with E-state index in [0.29, 0.717) is 13.2 Å². The van der Waals surface area contributed by atoms with Gasteiger partial charge >= 0.3 is 0 Å². The highest BCUT2D eigenvalue weighted by molar-refractivity contribution is 5.87. The number of benzene rings is 1. The van der Waals surface area contributed by atoms with Crippen molar-refractivity contribution >= 4 is 23.9 Å². The molecule has 1 aliphatic heterocycles. The molecule has 1 N–H and O–H groups in total. The van der Waals surface area contributed by atoms with Crippen LogP contribution in [0.25, 0.3) is 6.08 Å². The number of carbonyl (C=O) groups excluding carboxylic acids is 1. The number of nitro groups is 1. The Bertz CT molecular complexity index is 1110. The van der Waals surface area contributed by atoms with Crippen LogP contribution >= 0.6 is 0 Å². The van der Waals surface area contributed by atoms with Gasteiger partial charge in [-0.15, -0.1) is 0 Å². The summed E-state index contributed by atoms with van der Waals surface area (Å²) in [5.74, 6) is 2.27. The second-order valence-electron chi connectivity index (χ2n) is 11.4. The van der Waals surface area contributed by atoms with Gasteiger partial charge < -0.3 is 9.64 Å². The van der Waals surface area contributed by atoms with Crippen molar-refractivity contribution in [2.24, 2.45) is 28.3 Å².